The van der Waals surface area contributed by atoms with Gasteiger partial charge in [0.2, 0.25) is 0 Å². The van der Waals surface area contributed by atoms with E-state index >= 15 is 0 Å². The van der Waals surface area contributed by atoms with Crippen LogP contribution in [0.4, 0.5) is 0 Å². The predicted octanol–water partition coefficient (Wildman–Crippen LogP) is 4.08. The van der Waals surface area contributed by atoms with Gasteiger partial charge in [-0.25, -0.2) is 0 Å². The third-order valence-corrected chi connectivity index (χ3v) is 3.41. The van der Waals surface area contributed by atoms with Crippen molar-refractivity contribution in [1.82, 2.24) is 5.32 Å². The van der Waals surface area contributed by atoms with Crippen LogP contribution in [0.5, 0.6) is 0 Å². The Morgan fingerprint density at radius 1 is 1.39 bits per heavy atom. The summed E-state index contributed by atoms with van der Waals surface area (Å²) in [4.78, 5) is 0. The van der Waals surface area contributed by atoms with Gasteiger partial charge in [-0.15, -0.1) is 0 Å². The van der Waals surface area contributed by atoms with Crippen molar-refractivity contribution in [1.29, 1.82) is 0 Å². The number of halogens is 1. The molecule has 2 nitrogen and oxygen atoms in total. The first kappa shape index (κ1) is 13.4. The molecule has 2 rings (SSSR count). The highest BCUT2D eigenvalue weighted by atomic mass is 35.5. The van der Waals surface area contributed by atoms with Gasteiger partial charge >= 0.3 is 0 Å². The molecule has 0 saturated carbocycles. The van der Waals surface area contributed by atoms with E-state index in [2.05, 4.69) is 24.4 Å². The first-order valence-electron chi connectivity index (χ1n) is 6.63. The third-order valence-electron chi connectivity index (χ3n) is 3.06. The van der Waals surface area contributed by atoms with E-state index in [0.29, 0.717) is 0 Å². The van der Waals surface area contributed by atoms with Crippen molar-refractivity contribution in [3.05, 3.63) is 46.7 Å². The Hall–Kier alpha value is -0.990. The molecule has 0 bridgehead atoms. The van der Waals surface area contributed by atoms with Crippen LogP contribution in [-0.2, 0) is 4.74 Å². The molecule has 3 heteroatoms. The van der Waals surface area contributed by atoms with Crippen molar-refractivity contribution in [2.75, 3.05) is 13.2 Å². The molecular weight excluding hydrogens is 246 g/mol. The molecular formula is C15H20ClNO. The van der Waals surface area contributed by atoms with E-state index in [9.17, 15) is 0 Å². The van der Waals surface area contributed by atoms with E-state index in [1.807, 2.05) is 18.2 Å². The van der Waals surface area contributed by atoms with Gasteiger partial charge in [0.15, 0.2) is 0 Å². The Bertz CT molecular complexity index is 417. The van der Waals surface area contributed by atoms with Gasteiger partial charge in [0.25, 0.3) is 0 Å². The molecule has 0 aromatic heterocycles. The second kappa shape index (κ2) is 6.81. The lowest BCUT2D eigenvalue weighted by Gasteiger charge is -2.25. The van der Waals surface area contributed by atoms with Gasteiger partial charge in [0.05, 0.1) is 12.6 Å². The van der Waals surface area contributed by atoms with E-state index in [-0.39, 0.29) is 6.04 Å². The average Bonchev–Trinajstić information content (AvgIpc) is 2.42. The molecule has 1 aromatic carbocycles. The van der Waals surface area contributed by atoms with Crippen molar-refractivity contribution in [3.63, 3.8) is 0 Å². The van der Waals surface area contributed by atoms with Gasteiger partial charge < -0.3 is 10.1 Å². The summed E-state index contributed by atoms with van der Waals surface area (Å²) in [6.07, 6.45) is 5.46. The van der Waals surface area contributed by atoms with Gasteiger partial charge in [-0.1, -0.05) is 36.7 Å². The number of nitrogens with one attached hydrogen (secondary N) is 1. The Morgan fingerprint density at radius 2 is 2.22 bits per heavy atom. The molecule has 0 amide bonds. The minimum Gasteiger partial charge on any atom is -0.496 e. The van der Waals surface area contributed by atoms with Crippen LogP contribution in [-0.4, -0.2) is 13.2 Å². The number of ether oxygens (including phenoxy) is 1. The molecule has 18 heavy (non-hydrogen) atoms. The quantitative estimate of drug-likeness (QED) is 0.866. The molecule has 0 fully saturated rings. The minimum absolute atomic E-state index is 0.0824. The summed E-state index contributed by atoms with van der Waals surface area (Å²) in [5, 5.41) is 4.31. The van der Waals surface area contributed by atoms with E-state index < -0.39 is 0 Å². The largest absolute Gasteiger partial charge is 0.496 e. The standard InChI is InChI=1S/C15H20ClNO/c1-2-10-17-15(14-9-5-6-11-18-14)12-7-3-4-8-13(12)16/h3-4,7-9,15,17H,2,5-6,10-11H2,1H3. The summed E-state index contributed by atoms with van der Waals surface area (Å²) >= 11 is 6.29. The molecule has 1 heterocycles. The van der Waals surface area contributed by atoms with Crippen LogP contribution in [0.3, 0.4) is 0 Å². The summed E-state index contributed by atoms with van der Waals surface area (Å²) in [6, 6.07) is 8.05. The second-order valence-corrected chi connectivity index (χ2v) is 4.91. The normalized spacial score (nSPS) is 16.9. The lowest BCUT2D eigenvalue weighted by atomic mass is 10.0. The molecule has 1 atom stereocenters. The lowest BCUT2D eigenvalue weighted by molar-refractivity contribution is 0.167. The van der Waals surface area contributed by atoms with Gasteiger partial charge in [-0.3, -0.25) is 0 Å². The van der Waals surface area contributed by atoms with Crippen LogP contribution in [0, 0.1) is 0 Å². The summed E-state index contributed by atoms with van der Waals surface area (Å²) in [5.41, 5.74) is 1.10. The summed E-state index contributed by atoms with van der Waals surface area (Å²) < 4.78 is 5.79. The van der Waals surface area contributed by atoms with Crippen LogP contribution in [0.15, 0.2) is 36.1 Å². The van der Waals surface area contributed by atoms with E-state index in [4.69, 9.17) is 16.3 Å². The first-order chi connectivity index (χ1) is 8.83. The molecule has 0 saturated heterocycles. The third kappa shape index (κ3) is 3.27. The smallest absolute Gasteiger partial charge is 0.113 e. The molecule has 1 aliphatic rings. The highest BCUT2D eigenvalue weighted by Gasteiger charge is 2.21. The maximum atomic E-state index is 6.29. The monoisotopic (exact) mass is 265 g/mol. The molecule has 98 valence electrons. The van der Waals surface area contributed by atoms with Crippen molar-refractivity contribution in [2.45, 2.75) is 32.2 Å². The maximum Gasteiger partial charge on any atom is 0.113 e. The fraction of sp³-hybridized carbons (Fsp3) is 0.467. The molecule has 0 aliphatic carbocycles. The molecule has 1 unspecified atom stereocenters. The molecule has 1 aliphatic heterocycles. The number of benzene rings is 1. The Labute approximate surface area is 114 Å². The lowest BCUT2D eigenvalue weighted by Crippen LogP contribution is -2.26. The Morgan fingerprint density at radius 3 is 2.89 bits per heavy atom. The number of hydrogen-bond acceptors (Lipinski definition) is 2. The van der Waals surface area contributed by atoms with E-state index in [1.165, 1.54) is 0 Å². The van der Waals surface area contributed by atoms with Crippen LogP contribution >= 0.6 is 11.6 Å². The minimum atomic E-state index is 0.0824. The zero-order valence-electron chi connectivity index (χ0n) is 10.8. The highest BCUT2D eigenvalue weighted by molar-refractivity contribution is 6.31. The van der Waals surface area contributed by atoms with Crippen LogP contribution in [0.1, 0.15) is 37.8 Å². The summed E-state index contributed by atoms with van der Waals surface area (Å²) in [6.45, 7) is 3.92. The fourth-order valence-electron chi connectivity index (χ4n) is 2.14. The van der Waals surface area contributed by atoms with Crippen LogP contribution < -0.4 is 5.32 Å². The van der Waals surface area contributed by atoms with Crippen LogP contribution in [0.25, 0.3) is 0 Å². The van der Waals surface area contributed by atoms with Crippen LogP contribution in [0.2, 0.25) is 5.02 Å². The van der Waals surface area contributed by atoms with Gasteiger partial charge in [-0.2, -0.15) is 0 Å². The molecule has 1 aromatic rings. The summed E-state index contributed by atoms with van der Waals surface area (Å²) in [5.74, 6) is 1.02. The summed E-state index contributed by atoms with van der Waals surface area (Å²) in [7, 11) is 0. The Kier molecular flexibility index (Phi) is 5.09. The topological polar surface area (TPSA) is 21.3 Å². The van der Waals surface area contributed by atoms with Crippen molar-refractivity contribution >= 4 is 11.6 Å². The molecule has 0 spiro atoms. The predicted molar refractivity (Wildman–Crippen MR) is 75.8 cm³/mol. The molecule has 0 radical (unpaired) electrons. The SMILES string of the molecule is CCCNC(C1=CCCCO1)c1ccccc1Cl. The highest BCUT2D eigenvalue weighted by Crippen LogP contribution is 2.30. The first-order valence-corrected chi connectivity index (χ1v) is 7.01. The number of hydrogen-bond donors (Lipinski definition) is 1. The van der Waals surface area contributed by atoms with E-state index in [1.54, 1.807) is 0 Å². The van der Waals surface area contributed by atoms with Gasteiger partial charge in [-0.05, 0) is 43.5 Å². The van der Waals surface area contributed by atoms with Gasteiger partial charge in [0, 0.05) is 5.02 Å². The van der Waals surface area contributed by atoms with Crippen molar-refractivity contribution < 1.29 is 4.74 Å². The molecule has 1 N–H and O–H groups in total. The zero-order valence-corrected chi connectivity index (χ0v) is 11.5. The van der Waals surface area contributed by atoms with Gasteiger partial charge in [0.1, 0.15) is 5.76 Å². The Balaban J connectivity index is 2.24. The van der Waals surface area contributed by atoms with Crippen molar-refractivity contribution in [3.8, 4) is 0 Å². The zero-order chi connectivity index (χ0) is 12.8. The second-order valence-electron chi connectivity index (χ2n) is 4.51. The average molecular weight is 266 g/mol. The van der Waals surface area contributed by atoms with E-state index in [0.717, 1.165) is 48.8 Å². The van der Waals surface area contributed by atoms with Crippen molar-refractivity contribution in [2.24, 2.45) is 0 Å². The number of rotatable bonds is 5. The fourth-order valence-corrected chi connectivity index (χ4v) is 2.38. The maximum absolute atomic E-state index is 6.29. The number of allylic oxidation sites excluding steroid dienone is 1.